The van der Waals surface area contributed by atoms with Gasteiger partial charge in [-0.15, -0.1) is 0 Å². The second kappa shape index (κ2) is 12.4. The molecule has 31 heavy (non-hydrogen) atoms. The number of benzene rings is 2. The van der Waals surface area contributed by atoms with Gasteiger partial charge in [0.2, 0.25) is 5.91 Å². The van der Waals surface area contributed by atoms with Crippen LogP contribution in [-0.4, -0.2) is 43.0 Å². The number of nitrogens with zero attached hydrogens (tertiary/aromatic N) is 1. The van der Waals surface area contributed by atoms with Crippen molar-refractivity contribution in [1.82, 2.24) is 10.2 Å². The molecule has 0 bridgehead atoms. The Morgan fingerprint density at radius 2 is 1.81 bits per heavy atom. The maximum atomic E-state index is 13.1. The van der Waals surface area contributed by atoms with E-state index in [1.807, 2.05) is 13.0 Å². The van der Waals surface area contributed by atoms with E-state index in [-0.39, 0.29) is 25.0 Å². The second-order valence-electron chi connectivity index (χ2n) is 7.03. The van der Waals surface area contributed by atoms with Crippen molar-refractivity contribution in [1.29, 1.82) is 0 Å². The van der Waals surface area contributed by atoms with Crippen molar-refractivity contribution in [3.63, 3.8) is 0 Å². The molecule has 0 fully saturated rings. The molecule has 6 nitrogen and oxygen atoms in total. The van der Waals surface area contributed by atoms with Crippen LogP contribution in [0.3, 0.4) is 0 Å². The number of amides is 2. The summed E-state index contributed by atoms with van der Waals surface area (Å²) in [5.74, 6) is 0.416. The van der Waals surface area contributed by atoms with Crippen LogP contribution in [-0.2, 0) is 16.1 Å². The number of methoxy groups -OCH3 is 1. The summed E-state index contributed by atoms with van der Waals surface area (Å²) in [4.78, 5) is 27.2. The van der Waals surface area contributed by atoms with Crippen molar-refractivity contribution in [2.24, 2.45) is 0 Å². The molecule has 2 amide bonds. The van der Waals surface area contributed by atoms with Crippen LogP contribution < -0.4 is 14.8 Å². The van der Waals surface area contributed by atoms with E-state index in [1.54, 1.807) is 43.3 Å². The Balaban J connectivity index is 2.17. The number of rotatable bonds is 11. The topological polar surface area (TPSA) is 67.9 Å². The highest BCUT2D eigenvalue weighted by atomic mass is 35.5. The fourth-order valence-electron chi connectivity index (χ4n) is 2.91. The van der Waals surface area contributed by atoms with E-state index in [0.29, 0.717) is 28.1 Å². The number of halogens is 2. The van der Waals surface area contributed by atoms with E-state index >= 15 is 0 Å². The lowest BCUT2D eigenvalue weighted by atomic mass is 10.1. The lowest BCUT2D eigenvalue weighted by molar-refractivity contribution is -0.142. The van der Waals surface area contributed by atoms with Gasteiger partial charge in [0, 0.05) is 13.1 Å². The molecule has 0 heterocycles. The van der Waals surface area contributed by atoms with Gasteiger partial charge in [0.05, 0.1) is 17.2 Å². The van der Waals surface area contributed by atoms with Gasteiger partial charge in [0.1, 0.15) is 6.04 Å². The van der Waals surface area contributed by atoms with E-state index in [4.69, 9.17) is 32.7 Å². The fraction of sp³-hybridized carbons (Fsp3) is 0.391. The Labute approximate surface area is 193 Å². The molecule has 0 spiro atoms. The van der Waals surface area contributed by atoms with Crippen molar-refractivity contribution in [3.8, 4) is 11.5 Å². The van der Waals surface area contributed by atoms with E-state index in [9.17, 15) is 9.59 Å². The van der Waals surface area contributed by atoms with E-state index in [0.717, 1.165) is 18.4 Å². The second-order valence-corrected chi connectivity index (χ2v) is 7.84. The molecule has 168 valence electrons. The van der Waals surface area contributed by atoms with Crippen molar-refractivity contribution in [3.05, 3.63) is 58.1 Å². The van der Waals surface area contributed by atoms with Crippen LogP contribution in [0.4, 0.5) is 0 Å². The van der Waals surface area contributed by atoms with E-state index in [2.05, 4.69) is 5.32 Å². The number of para-hydroxylation sites is 2. The molecule has 0 unspecified atom stereocenters. The smallest absolute Gasteiger partial charge is 0.261 e. The SMILES string of the molecule is CCCCNC(=O)[C@@H](C)N(Cc1ccc(Cl)c(Cl)c1)C(=O)COc1ccccc1OC. The third-order valence-electron chi connectivity index (χ3n) is 4.75. The molecule has 2 aromatic carbocycles. The van der Waals surface area contributed by atoms with Crippen LogP contribution in [0.5, 0.6) is 11.5 Å². The summed E-state index contributed by atoms with van der Waals surface area (Å²) >= 11 is 12.1. The van der Waals surface area contributed by atoms with Crippen molar-refractivity contribution in [2.75, 3.05) is 20.3 Å². The van der Waals surface area contributed by atoms with Crippen LogP contribution in [0, 0.1) is 0 Å². The summed E-state index contributed by atoms with van der Waals surface area (Å²) in [5.41, 5.74) is 0.758. The minimum absolute atomic E-state index is 0.188. The van der Waals surface area contributed by atoms with Gasteiger partial charge < -0.3 is 19.7 Å². The highest BCUT2D eigenvalue weighted by Crippen LogP contribution is 2.26. The van der Waals surface area contributed by atoms with Crippen LogP contribution in [0.25, 0.3) is 0 Å². The van der Waals surface area contributed by atoms with Crippen LogP contribution in [0.1, 0.15) is 32.3 Å². The monoisotopic (exact) mass is 466 g/mol. The molecule has 1 N–H and O–H groups in total. The number of hydrogen-bond donors (Lipinski definition) is 1. The third-order valence-corrected chi connectivity index (χ3v) is 5.49. The number of carbonyl (C=O) groups excluding carboxylic acids is 2. The number of unbranched alkanes of at least 4 members (excludes halogenated alkanes) is 1. The molecule has 8 heteroatoms. The molecular formula is C23H28Cl2N2O4. The van der Waals surface area contributed by atoms with Gasteiger partial charge in [-0.05, 0) is 43.2 Å². The van der Waals surface area contributed by atoms with Gasteiger partial charge >= 0.3 is 0 Å². The molecule has 0 saturated carbocycles. The quantitative estimate of drug-likeness (QED) is 0.486. The minimum atomic E-state index is -0.694. The van der Waals surface area contributed by atoms with Gasteiger partial charge in [-0.1, -0.05) is 54.7 Å². The lowest BCUT2D eigenvalue weighted by Crippen LogP contribution is -2.49. The maximum absolute atomic E-state index is 13.1. The number of ether oxygens (including phenoxy) is 2. The Kier molecular flexibility index (Phi) is 9.95. The molecule has 0 aliphatic heterocycles. The number of nitrogens with one attached hydrogen (secondary N) is 1. The average molecular weight is 467 g/mol. The van der Waals surface area contributed by atoms with Crippen LogP contribution in [0.15, 0.2) is 42.5 Å². The zero-order chi connectivity index (χ0) is 22.8. The summed E-state index contributed by atoms with van der Waals surface area (Å²) in [6.45, 7) is 4.25. The first-order chi connectivity index (χ1) is 14.9. The molecule has 2 rings (SSSR count). The average Bonchev–Trinajstić information content (AvgIpc) is 2.77. The van der Waals surface area contributed by atoms with Gasteiger partial charge in [-0.2, -0.15) is 0 Å². The predicted octanol–water partition coefficient (Wildman–Crippen LogP) is 4.71. The summed E-state index contributed by atoms with van der Waals surface area (Å²) in [7, 11) is 1.53. The zero-order valence-corrected chi connectivity index (χ0v) is 19.5. The van der Waals surface area contributed by atoms with Crippen LogP contribution in [0.2, 0.25) is 10.0 Å². The summed E-state index contributed by atoms with van der Waals surface area (Å²) in [6, 6.07) is 11.5. The van der Waals surface area contributed by atoms with E-state index in [1.165, 1.54) is 12.0 Å². The maximum Gasteiger partial charge on any atom is 0.261 e. The lowest BCUT2D eigenvalue weighted by Gasteiger charge is -2.29. The highest BCUT2D eigenvalue weighted by molar-refractivity contribution is 6.42. The molecule has 0 aromatic heterocycles. The van der Waals surface area contributed by atoms with E-state index < -0.39 is 6.04 Å². The fourth-order valence-corrected chi connectivity index (χ4v) is 3.23. The summed E-state index contributed by atoms with van der Waals surface area (Å²) in [6.07, 6.45) is 1.84. The standard InChI is InChI=1S/C23H28Cl2N2O4/c1-4-5-12-26-23(29)16(2)27(14-17-10-11-18(24)19(25)13-17)22(28)15-31-21-9-7-6-8-20(21)30-3/h6-11,13,16H,4-5,12,14-15H2,1-3H3,(H,26,29)/t16-/m1/s1. The predicted molar refractivity (Wildman–Crippen MR) is 123 cm³/mol. The molecule has 2 aromatic rings. The molecule has 0 aliphatic carbocycles. The molecule has 0 radical (unpaired) electrons. The largest absolute Gasteiger partial charge is 0.493 e. The minimum Gasteiger partial charge on any atom is -0.493 e. The first-order valence-electron chi connectivity index (χ1n) is 10.1. The zero-order valence-electron chi connectivity index (χ0n) is 18.0. The normalized spacial score (nSPS) is 11.5. The van der Waals surface area contributed by atoms with Gasteiger partial charge in [0.15, 0.2) is 18.1 Å². The number of hydrogen-bond acceptors (Lipinski definition) is 4. The molecule has 0 aliphatic rings. The van der Waals surface area contributed by atoms with Crippen LogP contribution >= 0.6 is 23.2 Å². The first kappa shape index (κ1) is 24.8. The van der Waals surface area contributed by atoms with Crippen molar-refractivity contribution < 1.29 is 19.1 Å². The Morgan fingerprint density at radius 1 is 1.10 bits per heavy atom. The summed E-state index contributed by atoms with van der Waals surface area (Å²) < 4.78 is 10.9. The van der Waals surface area contributed by atoms with Gasteiger partial charge in [-0.3, -0.25) is 9.59 Å². The summed E-state index contributed by atoms with van der Waals surface area (Å²) in [5, 5.41) is 3.69. The van der Waals surface area contributed by atoms with Gasteiger partial charge in [-0.25, -0.2) is 0 Å². The number of carbonyl (C=O) groups is 2. The van der Waals surface area contributed by atoms with Crippen molar-refractivity contribution >= 4 is 35.0 Å². The van der Waals surface area contributed by atoms with Gasteiger partial charge in [0.25, 0.3) is 5.91 Å². The third kappa shape index (κ3) is 7.33. The molecular weight excluding hydrogens is 439 g/mol. The Morgan fingerprint density at radius 3 is 2.45 bits per heavy atom. The Hall–Kier alpha value is -2.44. The first-order valence-corrected chi connectivity index (χ1v) is 10.9. The van der Waals surface area contributed by atoms with Crippen molar-refractivity contribution in [2.45, 2.75) is 39.3 Å². The molecule has 0 saturated heterocycles. The molecule has 1 atom stereocenters. The highest BCUT2D eigenvalue weighted by Gasteiger charge is 2.26. The Bertz CT molecular complexity index is 892.